The number of nitrogens with zero attached hydrogens (tertiary/aromatic N) is 2. The molecule has 5 nitrogen and oxygen atoms in total. The number of nitrogens with one attached hydrogen (secondary N) is 1. The first-order valence-corrected chi connectivity index (χ1v) is 11.2. The van der Waals surface area contributed by atoms with Crippen LogP contribution in [0.1, 0.15) is 51.4 Å². The van der Waals surface area contributed by atoms with E-state index in [1.807, 2.05) is 21.6 Å². The van der Waals surface area contributed by atoms with Crippen molar-refractivity contribution in [2.75, 3.05) is 44.2 Å². The number of piperazine rings is 1. The SMILES string of the molecule is O=C(CCC1CCCCC1)N1CCN(C(=O)CC2CSCCN2)CC1. The minimum absolute atomic E-state index is 0.245. The molecular weight excluding hydrogens is 334 g/mol. The highest BCUT2D eigenvalue weighted by atomic mass is 32.2. The van der Waals surface area contributed by atoms with Crippen molar-refractivity contribution in [2.45, 2.75) is 57.4 Å². The molecule has 3 aliphatic rings. The van der Waals surface area contributed by atoms with Gasteiger partial charge in [0.05, 0.1) is 0 Å². The van der Waals surface area contributed by atoms with Crippen LogP contribution >= 0.6 is 11.8 Å². The zero-order chi connectivity index (χ0) is 17.5. The Balaban J connectivity index is 1.34. The van der Waals surface area contributed by atoms with Gasteiger partial charge >= 0.3 is 0 Å². The molecular formula is C19H33N3O2S. The number of carbonyl (C=O) groups excluding carboxylic acids is 2. The van der Waals surface area contributed by atoms with E-state index < -0.39 is 0 Å². The molecule has 1 unspecified atom stereocenters. The molecule has 6 heteroatoms. The van der Waals surface area contributed by atoms with Crippen molar-refractivity contribution < 1.29 is 9.59 Å². The fourth-order valence-corrected chi connectivity index (χ4v) is 5.21. The molecule has 3 rings (SSSR count). The van der Waals surface area contributed by atoms with Gasteiger partial charge in [-0.15, -0.1) is 0 Å². The van der Waals surface area contributed by atoms with Gasteiger partial charge < -0.3 is 15.1 Å². The molecule has 0 radical (unpaired) electrons. The fraction of sp³-hybridized carbons (Fsp3) is 0.895. The second-order valence-electron chi connectivity index (χ2n) is 7.73. The molecule has 2 saturated heterocycles. The van der Waals surface area contributed by atoms with Crippen LogP contribution in [-0.4, -0.2) is 71.9 Å². The summed E-state index contributed by atoms with van der Waals surface area (Å²) < 4.78 is 0. The van der Waals surface area contributed by atoms with Crippen molar-refractivity contribution in [3.63, 3.8) is 0 Å². The molecule has 0 aromatic rings. The van der Waals surface area contributed by atoms with Crippen molar-refractivity contribution >= 4 is 23.6 Å². The monoisotopic (exact) mass is 367 g/mol. The topological polar surface area (TPSA) is 52.7 Å². The van der Waals surface area contributed by atoms with Crippen LogP contribution in [0.15, 0.2) is 0 Å². The molecule has 2 heterocycles. The average molecular weight is 368 g/mol. The first kappa shape index (κ1) is 19.0. The molecule has 142 valence electrons. The summed E-state index contributed by atoms with van der Waals surface area (Å²) in [6.45, 7) is 3.83. The summed E-state index contributed by atoms with van der Waals surface area (Å²) in [5, 5.41) is 3.43. The van der Waals surface area contributed by atoms with E-state index in [-0.39, 0.29) is 5.91 Å². The molecule has 1 N–H and O–H groups in total. The number of hydrogen-bond donors (Lipinski definition) is 1. The largest absolute Gasteiger partial charge is 0.339 e. The molecule has 2 aliphatic heterocycles. The van der Waals surface area contributed by atoms with Crippen LogP contribution in [0.4, 0.5) is 0 Å². The third-order valence-electron chi connectivity index (χ3n) is 5.90. The summed E-state index contributed by atoms with van der Waals surface area (Å²) in [7, 11) is 0. The van der Waals surface area contributed by atoms with Crippen molar-refractivity contribution in [1.29, 1.82) is 0 Å². The van der Waals surface area contributed by atoms with Crippen LogP contribution in [0.2, 0.25) is 0 Å². The molecule has 0 bridgehead atoms. The van der Waals surface area contributed by atoms with Crippen molar-refractivity contribution in [1.82, 2.24) is 15.1 Å². The van der Waals surface area contributed by atoms with Gasteiger partial charge in [0.2, 0.25) is 11.8 Å². The normalized spacial score (nSPS) is 25.8. The number of amides is 2. The molecule has 25 heavy (non-hydrogen) atoms. The average Bonchev–Trinajstić information content (AvgIpc) is 2.68. The van der Waals surface area contributed by atoms with E-state index in [0.29, 0.717) is 51.0 Å². The summed E-state index contributed by atoms with van der Waals surface area (Å²) >= 11 is 1.93. The predicted octanol–water partition coefficient (Wildman–Crippen LogP) is 2.11. The molecule has 3 fully saturated rings. The highest BCUT2D eigenvalue weighted by Crippen LogP contribution is 2.27. The molecule has 2 amide bonds. The van der Waals surface area contributed by atoms with E-state index in [1.54, 1.807) is 0 Å². The van der Waals surface area contributed by atoms with Crippen LogP contribution < -0.4 is 5.32 Å². The van der Waals surface area contributed by atoms with E-state index in [1.165, 1.54) is 32.1 Å². The fourth-order valence-electron chi connectivity index (χ4n) is 4.26. The van der Waals surface area contributed by atoms with Gasteiger partial charge in [0.1, 0.15) is 0 Å². The summed E-state index contributed by atoms with van der Waals surface area (Å²) in [5.74, 6) is 3.48. The van der Waals surface area contributed by atoms with Gasteiger partial charge in [-0.25, -0.2) is 0 Å². The van der Waals surface area contributed by atoms with Gasteiger partial charge in [-0.2, -0.15) is 11.8 Å². The Hall–Kier alpha value is -0.750. The first-order valence-electron chi connectivity index (χ1n) is 10.1. The molecule has 0 aromatic carbocycles. The molecule has 1 atom stereocenters. The van der Waals surface area contributed by atoms with Crippen LogP contribution in [0, 0.1) is 5.92 Å². The lowest BCUT2D eigenvalue weighted by atomic mass is 9.86. The van der Waals surface area contributed by atoms with Gasteiger partial charge in [0.15, 0.2) is 0 Å². The lowest BCUT2D eigenvalue weighted by Crippen LogP contribution is -2.52. The number of rotatable bonds is 5. The van der Waals surface area contributed by atoms with Crippen LogP contribution in [-0.2, 0) is 9.59 Å². The second kappa shape index (κ2) is 9.81. The number of thioether (sulfide) groups is 1. The Morgan fingerprint density at radius 1 is 0.960 bits per heavy atom. The van der Waals surface area contributed by atoms with Gasteiger partial charge in [-0.3, -0.25) is 9.59 Å². The maximum absolute atomic E-state index is 12.4. The van der Waals surface area contributed by atoms with E-state index in [4.69, 9.17) is 0 Å². The van der Waals surface area contributed by atoms with Crippen molar-refractivity contribution in [2.24, 2.45) is 5.92 Å². The van der Waals surface area contributed by atoms with Crippen LogP contribution in [0.25, 0.3) is 0 Å². The van der Waals surface area contributed by atoms with Crippen molar-refractivity contribution in [3.8, 4) is 0 Å². The number of carbonyl (C=O) groups is 2. The summed E-state index contributed by atoms with van der Waals surface area (Å²) in [4.78, 5) is 28.8. The lowest BCUT2D eigenvalue weighted by molar-refractivity contribution is -0.140. The highest BCUT2D eigenvalue weighted by Gasteiger charge is 2.26. The highest BCUT2D eigenvalue weighted by molar-refractivity contribution is 7.99. The van der Waals surface area contributed by atoms with E-state index in [9.17, 15) is 9.59 Å². The zero-order valence-corrected chi connectivity index (χ0v) is 16.2. The summed E-state index contributed by atoms with van der Waals surface area (Å²) in [5.41, 5.74) is 0. The van der Waals surface area contributed by atoms with E-state index in [2.05, 4.69) is 5.32 Å². The quantitative estimate of drug-likeness (QED) is 0.809. The summed E-state index contributed by atoms with van der Waals surface area (Å²) in [6, 6.07) is 0.321. The number of hydrogen-bond acceptors (Lipinski definition) is 4. The predicted molar refractivity (Wildman–Crippen MR) is 103 cm³/mol. The maximum atomic E-state index is 12.4. The van der Waals surface area contributed by atoms with Crippen LogP contribution in [0.3, 0.4) is 0 Å². The zero-order valence-electron chi connectivity index (χ0n) is 15.4. The molecule has 1 saturated carbocycles. The van der Waals surface area contributed by atoms with Crippen LogP contribution in [0.5, 0.6) is 0 Å². The third kappa shape index (κ3) is 5.88. The van der Waals surface area contributed by atoms with Gasteiger partial charge in [-0.05, 0) is 12.3 Å². The maximum Gasteiger partial charge on any atom is 0.224 e. The Kier molecular flexibility index (Phi) is 7.47. The Bertz CT molecular complexity index is 440. The van der Waals surface area contributed by atoms with E-state index in [0.717, 1.165) is 30.4 Å². The smallest absolute Gasteiger partial charge is 0.224 e. The third-order valence-corrected chi connectivity index (χ3v) is 7.03. The second-order valence-corrected chi connectivity index (χ2v) is 8.88. The minimum atomic E-state index is 0.245. The molecule has 0 spiro atoms. The van der Waals surface area contributed by atoms with E-state index >= 15 is 0 Å². The van der Waals surface area contributed by atoms with Crippen molar-refractivity contribution in [3.05, 3.63) is 0 Å². The lowest BCUT2D eigenvalue weighted by Gasteiger charge is -2.36. The standard InChI is InChI=1S/C19H33N3O2S/c23-18(7-6-16-4-2-1-3-5-16)21-9-11-22(12-10-21)19(24)14-17-15-25-13-8-20-17/h16-17,20H,1-15H2. The molecule has 1 aliphatic carbocycles. The Morgan fingerprint density at radius 2 is 1.64 bits per heavy atom. The Morgan fingerprint density at radius 3 is 2.28 bits per heavy atom. The van der Waals surface area contributed by atoms with Gasteiger partial charge in [-0.1, -0.05) is 32.1 Å². The van der Waals surface area contributed by atoms with Gasteiger partial charge in [0.25, 0.3) is 0 Å². The minimum Gasteiger partial charge on any atom is -0.339 e. The first-order chi connectivity index (χ1) is 12.2. The van der Waals surface area contributed by atoms with Gasteiger partial charge in [0, 0.05) is 63.1 Å². The Labute approximate surface area is 156 Å². The summed E-state index contributed by atoms with van der Waals surface area (Å²) in [6.07, 6.45) is 9.02. The molecule has 0 aromatic heterocycles.